The fourth-order valence-electron chi connectivity index (χ4n) is 5.91. The first-order valence-corrected chi connectivity index (χ1v) is 16.6. The molecule has 1 saturated carbocycles. The van der Waals surface area contributed by atoms with Gasteiger partial charge in [0.2, 0.25) is 11.8 Å². The van der Waals surface area contributed by atoms with Crippen molar-refractivity contribution in [3.63, 3.8) is 0 Å². The lowest BCUT2D eigenvalue weighted by Crippen LogP contribution is -2.49. The molecule has 1 spiro atoms. The van der Waals surface area contributed by atoms with Crippen LogP contribution in [0.2, 0.25) is 5.02 Å². The molecule has 0 radical (unpaired) electrons. The minimum Gasteiger partial charge on any atom is -0.495 e. The third kappa shape index (κ3) is 8.73. The maximum absolute atomic E-state index is 13.6. The maximum Gasteiger partial charge on any atom is 0.347 e. The van der Waals surface area contributed by atoms with Crippen LogP contribution in [-0.4, -0.2) is 61.8 Å². The molecule has 2 amide bonds. The Morgan fingerprint density at radius 2 is 1.77 bits per heavy atom. The van der Waals surface area contributed by atoms with Crippen molar-refractivity contribution in [2.24, 2.45) is 17.3 Å². The molecule has 2 heterocycles. The molecule has 1 saturated heterocycles. The van der Waals surface area contributed by atoms with Crippen molar-refractivity contribution in [1.29, 1.82) is 0 Å². The highest BCUT2D eigenvalue weighted by Gasteiger charge is 2.53. The Kier molecular flexibility index (Phi) is 10.9. The minimum atomic E-state index is -1.11. The number of hydrogen-bond donors (Lipinski definition) is 2. The molecular weight excluding hydrogens is 624 g/mol. The fraction of sp³-hybridized carbons (Fsp3) is 0.500. The van der Waals surface area contributed by atoms with Crippen LogP contribution in [-0.2, 0) is 39.8 Å². The first-order chi connectivity index (χ1) is 22.5. The van der Waals surface area contributed by atoms with Crippen LogP contribution in [0.5, 0.6) is 5.75 Å². The smallest absolute Gasteiger partial charge is 0.347 e. The first-order valence-electron chi connectivity index (χ1n) is 16.2. The Morgan fingerprint density at radius 1 is 1.02 bits per heavy atom. The summed E-state index contributed by atoms with van der Waals surface area (Å²) in [5, 5.41) is 6.00. The summed E-state index contributed by atoms with van der Waals surface area (Å²) in [5.41, 5.74) is 0.796. The molecule has 47 heavy (non-hydrogen) atoms. The predicted octanol–water partition coefficient (Wildman–Crippen LogP) is 4.88. The highest BCUT2D eigenvalue weighted by atomic mass is 35.5. The Balaban J connectivity index is 1.39. The van der Waals surface area contributed by atoms with E-state index < -0.39 is 47.4 Å². The van der Waals surface area contributed by atoms with E-state index in [4.69, 9.17) is 30.5 Å². The number of rotatable bonds is 8. The minimum absolute atomic E-state index is 0.0131. The second kappa shape index (κ2) is 14.9. The number of benzene rings is 2. The zero-order chi connectivity index (χ0) is 33.7. The number of carbonyl (C=O) groups excluding carboxylic acids is 4. The van der Waals surface area contributed by atoms with Crippen LogP contribution in [0.15, 0.2) is 60.7 Å². The number of amides is 2. The summed E-state index contributed by atoms with van der Waals surface area (Å²) in [6.07, 6.45) is 2.51. The van der Waals surface area contributed by atoms with Crippen molar-refractivity contribution in [3.8, 4) is 5.75 Å². The number of esters is 2. The molecule has 0 aromatic heterocycles. The van der Waals surface area contributed by atoms with E-state index in [1.807, 2.05) is 51.1 Å². The van der Waals surface area contributed by atoms with Gasteiger partial charge in [-0.3, -0.25) is 14.4 Å². The van der Waals surface area contributed by atoms with Gasteiger partial charge in [-0.05, 0) is 54.5 Å². The average Bonchev–Trinajstić information content (AvgIpc) is 3.98. The fourth-order valence-corrected chi connectivity index (χ4v) is 6.19. The molecule has 2 aliphatic heterocycles. The van der Waals surface area contributed by atoms with Crippen LogP contribution in [0.3, 0.4) is 0 Å². The lowest BCUT2D eigenvalue weighted by atomic mass is 9.93. The number of cyclic esters (lactones) is 2. The number of ether oxygens (including phenoxy) is 4. The molecule has 3 aliphatic rings. The molecule has 2 fully saturated rings. The molecule has 252 valence electrons. The van der Waals surface area contributed by atoms with E-state index in [9.17, 15) is 19.2 Å². The molecular formula is C36H43ClN2O8. The van der Waals surface area contributed by atoms with Crippen molar-refractivity contribution in [2.45, 2.75) is 83.3 Å². The highest BCUT2D eigenvalue weighted by Crippen LogP contribution is 2.47. The summed E-state index contributed by atoms with van der Waals surface area (Å²) >= 11 is 6.32. The normalized spacial score (nSPS) is 27.7. The molecule has 6 atom stereocenters. The SMILES string of the molecule is COc1ccc(C[C@H]2NC(=O)/C=C/C[C@@H]([C@H](C)[C@H]3O[C@H]3c3ccccc3)OC(=O)[C@H](CC(C)C)OC(=O)C3(CC3)CNC2=O)cc1Cl. The number of hydrogen-bond acceptors (Lipinski definition) is 8. The van der Waals surface area contributed by atoms with Crippen LogP contribution in [0, 0.1) is 17.3 Å². The molecule has 11 heteroatoms. The summed E-state index contributed by atoms with van der Waals surface area (Å²) in [6.45, 7) is 5.83. The van der Waals surface area contributed by atoms with Gasteiger partial charge >= 0.3 is 11.9 Å². The van der Waals surface area contributed by atoms with Crippen molar-refractivity contribution in [3.05, 3.63) is 76.8 Å². The third-order valence-corrected chi connectivity index (χ3v) is 9.33. The summed E-state index contributed by atoms with van der Waals surface area (Å²) in [4.78, 5) is 53.7. The van der Waals surface area contributed by atoms with Crippen LogP contribution < -0.4 is 15.4 Å². The molecule has 2 N–H and O–H groups in total. The zero-order valence-electron chi connectivity index (χ0n) is 27.2. The van der Waals surface area contributed by atoms with E-state index in [1.54, 1.807) is 24.3 Å². The maximum atomic E-state index is 13.6. The molecule has 2 aromatic rings. The van der Waals surface area contributed by atoms with Crippen molar-refractivity contribution in [1.82, 2.24) is 10.6 Å². The van der Waals surface area contributed by atoms with Gasteiger partial charge < -0.3 is 29.6 Å². The second-order valence-corrected chi connectivity index (χ2v) is 13.6. The summed E-state index contributed by atoms with van der Waals surface area (Å²) < 4.78 is 23.2. The van der Waals surface area contributed by atoms with Gasteiger partial charge in [-0.2, -0.15) is 0 Å². The van der Waals surface area contributed by atoms with Gasteiger partial charge in [-0.15, -0.1) is 0 Å². The Hall–Kier alpha value is -3.89. The topological polar surface area (TPSA) is 133 Å². The predicted molar refractivity (Wildman–Crippen MR) is 175 cm³/mol. The quantitative estimate of drug-likeness (QED) is 0.301. The van der Waals surface area contributed by atoms with Crippen LogP contribution in [0.4, 0.5) is 0 Å². The summed E-state index contributed by atoms with van der Waals surface area (Å²) in [6, 6.07) is 14.0. The molecule has 0 unspecified atom stereocenters. The van der Waals surface area contributed by atoms with E-state index in [2.05, 4.69) is 10.6 Å². The van der Waals surface area contributed by atoms with Crippen molar-refractivity contribution in [2.75, 3.05) is 13.7 Å². The van der Waals surface area contributed by atoms with E-state index in [1.165, 1.54) is 13.2 Å². The van der Waals surface area contributed by atoms with Gasteiger partial charge in [0.25, 0.3) is 0 Å². The molecule has 0 bridgehead atoms. The van der Waals surface area contributed by atoms with Gasteiger partial charge in [0.05, 0.1) is 23.7 Å². The zero-order valence-corrected chi connectivity index (χ0v) is 28.0. The van der Waals surface area contributed by atoms with E-state index in [0.717, 1.165) is 5.56 Å². The van der Waals surface area contributed by atoms with E-state index >= 15 is 0 Å². The van der Waals surface area contributed by atoms with E-state index in [0.29, 0.717) is 29.2 Å². The molecule has 10 nitrogen and oxygen atoms in total. The Bertz CT molecular complexity index is 1490. The van der Waals surface area contributed by atoms with Crippen LogP contribution >= 0.6 is 11.6 Å². The van der Waals surface area contributed by atoms with Gasteiger partial charge in [0, 0.05) is 25.3 Å². The Labute approximate surface area is 280 Å². The number of nitrogens with one attached hydrogen (secondary N) is 2. The summed E-state index contributed by atoms with van der Waals surface area (Å²) in [5.74, 6) is -1.82. The number of methoxy groups -OCH3 is 1. The van der Waals surface area contributed by atoms with Crippen molar-refractivity contribution >= 4 is 35.4 Å². The third-order valence-electron chi connectivity index (χ3n) is 9.04. The van der Waals surface area contributed by atoms with Gasteiger partial charge in [-0.25, -0.2) is 4.79 Å². The second-order valence-electron chi connectivity index (χ2n) is 13.2. The number of carbonyl (C=O) groups is 4. The Morgan fingerprint density at radius 3 is 2.43 bits per heavy atom. The standard InChI is InChI=1S/C36H43ClN2O8/c1-21(2)17-29-34(42)45-27(22(3)31-32(47-31)24-9-6-5-7-10-24)11-8-12-30(40)39-26(19-23-13-14-28(44-4)25(37)18-23)33(41)38-20-36(15-16-36)35(43)46-29/h5-10,12-14,18,21-22,26-27,29,31-32H,11,15-17,19-20H2,1-4H3,(H,38,41)(H,39,40)/b12-8+/t22-,26+,27-,29-,31+,32-/m0/s1. The largest absolute Gasteiger partial charge is 0.495 e. The molecule has 1 aliphatic carbocycles. The van der Waals surface area contributed by atoms with Gasteiger partial charge in [0.15, 0.2) is 6.10 Å². The van der Waals surface area contributed by atoms with Gasteiger partial charge in [-0.1, -0.05) is 74.8 Å². The summed E-state index contributed by atoms with van der Waals surface area (Å²) in [7, 11) is 1.51. The number of halogens is 1. The van der Waals surface area contributed by atoms with Crippen LogP contribution in [0.25, 0.3) is 0 Å². The van der Waals surface area contributed by atoms with Gasteiger partial charge in [0.1, 0.15) is 24.0 Å². The van der Waals surface area contributed by atoms with Crippen molar-refractivity contribution < 1.29 is 38.1 Å². The van der Waals surface area contributed by atoms with Crippen LogP contribution in [0.1, 0.15) is 63.7 Å². The lowest BCUT2D eigenvalue weighted by Gasteiger charge is -2.27. The highest BCUT2D eigenvalue weighted by molar-refractivity contribution is 6.32. The molecule has 5 rings (SSSR count). The average molecular weight is 667 g/mol. The van der Waals surface area contributed by atoms with E-state index in [-0.39, 0.29) is 49.9 Å². The lowest BCUT2D eigenvalue weighted by molar-refractivity contribution is -0.177. The first kappa shape index (κ1) is 34.4. The number of epoxide rings is 1. The molecule has 2 aromatic carbocycles. The monoisotopic (exact) mass is 666 g/mol.